The fraction of sp³-hybridized carbons (Fsp3) is 0.300. The van der Waals surface area contributed by atoms with Crippen LogP contribution in [0.25, 0.3) is 10.1 Å². The van der Waals surface area contributed by atoms with E-state index in [1.165, 1.54) is 11.3 Å². The van der Waals surface area contributed by atoms with Crippen molar-refractivity contribution in [2.24, 2.45) is 7.05 Å². The normalized spacial score (nSPS) is 11.6. The van der Waals surface area contributed by atoms with Crippen LogP contribution in [-0.2, 0) is 7.05 Å². The van der Waals surface area contributed by atoms with E-state index in [1.54, 1.807) is 45.5 Å². The molecule has 6 nitrogen and oxygen atoms in total. The molecule has 0 spiro atoms. The third-order valence-electron chi connectivity index (χ3n) is 4.24. The van der Waals surface area contributed by atoms with E-state index in [1.807, 2.05) is 30.5 Å². The van der Waals surface area contributed by atoms with Gasteiger partial charge in [0.05, 0.1) is 10.6 Å². The van der Waals surface area contributed by atoms with E-state index in [0.29, 0.717) is 28.5 Å². The molecule has 0 saturated carbocycles. The summed E-state index contributed by atoms with van der Waals surface area (Å²) in [7, 11) is 5.21. The Balaban J connectivity index is 1.72. The number of nitrogen functional groups attached to an aromatic ring is 1. The number of amides is 2. The predicted molar refractivity (Wildman–Crippen MR) is 127 cm³/mol. The molecule has 4 N–H and O–H groups in total. The van der Waals surface area contributed by atoms with E-state index in [2.05, 4.69) is 24.5 Å². The highest BCUT2D eigenvalue weighted by Crippen LogP contribution is 2.33. The number of benzene rings is 1. The van der Waals surface area contributed by atoms with Gasteiger partial charge in [-0.1, -0.05) is 21.6 Å². The van der Waals surface area contributed by atoms with Crippen molar-refractivity contribution in [1.82, 2.24) is 9.88 Å². The zero-order valence-corrected chi connectivity index (χ0v) is 19.2. The Bertz CT molecular complexity index is 1060. The summed E-state index contributed by atoms with van der Waals surface area (Å²) in [4.78, 5) is 25.7. The van der Waals surface area contributed by atoms with Crippen molar-refractivity contribution in [3.8, 4) is 0 Å². The van der Waals surface area contributed by atoms with Crippen LogP contribution in [0.4, 0.5) is 11.4 Å². The Morgan fingerprint density at radius 2 is 1.97 bits per heavy atom. The summed E-state index contributed by atoms with van der Waals surface area (Å²) >= 11 is 1.44. The number of hydrogen-bond donors (Lipinski definition) is 3. The van der Waals surface area contributed by atoms with Gasteiger partial charge in [-0.25, -0.2) is 0 Å². The van der Waals surface area contributed by atoms with Crippen molar-refractivity contribution in [2.45, 2.75) is 18.6 Å². The molecule has 0 saturated heterocycles. The van der Waals surface area contributed by atoms with E-state index in [-0.39, 0.29) is 16.6 Å². The van der Waals surface area contributed by atoms with E-state index in [4.69, 9.17) is 5.73 Å². The number of fused-ring (bicyclic) bond motifs is 1. The molecule has 0 radical (unpaired) electrons. The second kappa shape index (κ2) is 8.73. The van der Waals surface area contributed by atoms with Crippen molar-refractivity contribution in [2.75, 3.05) is 23.9 Å². The molecule has 0 aliphatic heterocycles. The van der Waals surface area contributed by atoms with Gasteiger partial charge in [-0.3, -0.25) is 9.59 Å². The average Bonchev–Trinajstić information content (AvgIpc) is 3.22. The standard InChI is InChI=1S/C20H24N4O2S3/c1-20(2,29-27-4)11-22-19(26)17-8-12-7-14(5-6-16(12)28-17)23-18(25)15-9-13(21)10-24(15)3/h5-10H,11,21H2,1-4H3,(H,22,26)(H,23,25). The van der Waals surface area contributed by atoms with E-state index < -0.39 is 0 Å². The summed E-state index contributed by atoms with van der Waals surface area (Å²) in [5.41, 5.74) is 7.44. The number of nitrogens with one attached hydrogen (secondary N) is 2. The summed E-state index contributed by atoms with van der Waals surface area (Å²) in [5.74, 6) is -0.309. The third-order valence-corrected chi connectivity index (χ3v) is 7.97. The number of rotatable bonds is 7. The van der Waals surface area contributed by atoms with Gasteiger partial charge in [0.1, 0.15) is 5.69 Å². The van der Waals surface area contributed by atoms with Crippen LogP contribution in [-0.4, -0.2) is 33.9 Å². The Morgan fingerprint density at radius 1 is 1.21 bits per heavy atom. The largest absolute Gasteiger partial charge is 0.397 e. The third kappa shape index (κ3) is 5.29. The predicted octanol–water partition coefficient (Wildman–Crippen LogP) is 4.59. The van der Waals surface area contributed by atoms with Crippen molar-refractivity contribution < 1.29 is 9.59 Å². The number of thiophene rings is 1. The second-order valence-corrected chi connectivity index (χ2v) is 11.5. The molecule has 0 aliphatic rings. The van der Waals surface area contributed by atoms with Gasteiger partial charge in [-0.05, 0) is 55.8 Å². The smallest absolute Gasteiger partial charge is 0.272 e. The molecule has 0 bridgehead atoms. The second-order valence-electron chi connectivity index (χ2n) is 7.28. The molecular formula is C20H24N4O2S3. The van der Waals surface area contributed by atoms with Gasteiger partial charge >= 0.3 is 0 Å². The van der Waals surface area contributed by atoms with Gasteiger partial charge in [-0.2, -0.15) is 0 Å². The molecule has 0 fully saturated rings. The van der Waals surface area contributed by atoms with Gasteiger partial charge in [0.15, 0.2) is 0 Å². The summed E-state index contributed by atoms with van der Waals surface area (Å²) in [6.07, 6.45) is 3.73. The summed E-state index contributed by atoms with van der Waals surface area (Å²) < 4.78 is 2.64. The summed E-state index contributed by atoms with van der Waals surface area (Å²) in [6.45, 7) is 4.80. The van der Waals surface area contributed by atoms with Gasteiger partial charge in [0.2, 0.25) is 0 Å². The lowest BCUT2D eigenvalue weighted by molar-refractivity contribution is 0.0954. The topological polar surface area (TPSA) is 89.2 Å². The first-order valence-electron chi connectivity index (χ1n) is 8.95. The first-order valence-corrected chi connectivity index (χ1v) is 12.3. The fourth-order valence-corrected chi connectivity index (χ4v) is 5.95. The first kappa shape index (κ1) is 21.6. The lowest BCUT2D eigenvalue weighted by Crippen LogP contribution is -2.35. The van der Waals surface area contributed by atoms with E-state index >= 15 is 0 Å². The zero-order chi connectivity index (χ0) is 21.2. The first-order chi connectivity index (χ1) is 13.7. The Kier molecular flexibility index (Phi) is 6.50. The van der Waals surface area contributed by atoms with Crippen LogP contribution in [0, 0.1) is 0 Å². The number of aromatic nitrogens is 1. The maximum absolute atomic E-state index is 12.6. The highest BCUT2D eigenvalue weighted by molar-refractivity contribution is 8.76. The minimum Gasteiger partial charge on any atom is -0.397 e. The molecule has 9 heteroatoms. The van der Waals surface area contributed by atoms with E-state index in [9.17, 15) is 9.59 Å². The van der Waals surface area contributed by atoms with Crippen molar-refractivity contribution in [3.63, 3.8) is 0 Å². The molecule has 2 heterocycles. The fourth-order valence-electron chi connectivity index (χ4n) is 2.88. The van der Waals surface area contributed by atoms with Gasteiger partial charge < -0.3 is 20.9 Å². The zero-order valence-electron chi connectivity index (χ0n) is 16.7. The molecule has 2 aromatic heterocycles. The quantitative estimate of drug-likeness (QED) is 0.460. The number of nitrogens with zero attached hydrogens (tertiary/aromatic N) is 1. The summed E-state index contributed by atoms with van der Waals surface area (Å²) in [5, 5.41) is 6.82. The lowest BCUT2D eigenvalue weighted by atomic mass is 10.2. The van der Waals surface area contributed by atoms with Crippen LogP contribution in [0.5, 0.6) is 0 Å². The molecule has 3 aromatic rings. The van der Waals surface area contributed by atoms with Gasteiger partial charge in [0, 0.05) is 34.9 Å². The molecule has 0 aliphatic carbocycles. The van der Waals surface area contributed by atoms with Crippen LogP contribution >= 0.6 is 32.9 Å². The Labute approximate surface area is 182 Å². The minimum absolute atomic E-state index is 0.0381. The number of hydrogen-bond acceptors (Lipinski definition) is 6. The van der Waals surface area contributed by atoms with E-state index in [0.717, 1.165) is 10.1 Å². The molecule has 3 rings (SSSR count). The number of carbonyl (C=O) groups is 2. The molecule has 2 amide bonds. The number of anilines is 2. The molecule has 1 aromatic carbocycles. The van der Waals surface area contributed by atoms with Crippen LogP contribution in [0.1, 0.15) is 34.0 Å². The highest BCUT2D eigenvalue weighted by atomic mass is 33.1. The summed E-state index contributed by atoms with van der Waals surface area (Å²) in [6, 6.07) is 9.13. The monoisotopic (exact) mass is 448 g/mol. The molecule has 154 valence electrons. The van der Waals surface area contributed by atoms with Crippen molar-refractivity contribution in [1.29, 1.82) is 0 Å². The average molecular weight is 449 g/mol. The molecule has 0 unspecified atom stereocenters. The van der Waals surface area contributed by atoms with Crippen molar-refractivity contribution >= 4 is 66.2 Å². The van der Waals surface area contributed by atoms with Crippen LogP contribution in [0.3, 0.4) is 0 Å². The maximum Gasteiger partial charge on any atom is 0.272 e. The highest BCUT2D eigenvalue weighted by Gasteiger charge is 2.20. The minimum atomic E-state index is -0.231. The van der Waals surface area contributed by atoms with Crippen molar-refractivity contribution in [3.05, 3.63) is 47.1 Å². The Hall–Kier alpha value is -2.10. The molecule has 0 atom stereocenters. The maximum atomic E-state index is 12.6. The Morgan fingerprint density at radius 3 is 2.62 bits per heavy atom. The number of carbonyl (C=O) groups excluding carboxylic acids is 2. The number of nitrogens with two attached hydrogens (primary N) is 1. The van der Waals surface area contributed by atoms with Crippen LogP contribution in [0.2, 0.25) is 0 Å². The van der Waals surface area contributed by atoms with Crippen LogP contribution in [0.15, 0.2) is 36.5 Å². The van der Waals surface area contributed by atoms with Gasteiger partial charge in [-0.15, -0.1) is 11.3 Å². The van der Waals surface area contributed by atoms with Crippen LogP contribution < -0.4 is 16.4 Å². The SMILES string of the molecule is CSSC(C)(C)CNC(=O)c1cc2cc(NC(=O)c3cc(N)cn3C)ccc2s1. The molecule has 29 heavy (non-hydrogen) atoms. The molecular weight excluding hydrogens is 424 g/mol. The lowest BCUT2D eigenvalue weighted by Gasteiger charge is -2.22. The van der Waals surface area contributed by atoms with Gasteiger partial charge in [0.25, 0.3) is 11.8 Å². The number of aryl methyl sites for hydroxylation is 1.